The molecule has 1 aliphatic rings. The van der Waals surface area contributed by atoms with E-state index in [2.05, 4.69) is 10.6 Å². The summed E-state index contributed by atoms with van der Waals surface area (Å²) in [4.78, 5) is 23.3. The van der Waals surface area contributed by atoms with E-state index in [0.717, 1.165) is 12.8 Å². The Balaban J connectivity index is 1.87. The lowest BCUT2D eigenvalue weighted by molar-refractivity contribution is -0.125. The lowest BCUT2D eigenvalue weighted by Crippen LogP contribution is -2.38. The number of nitrogens with one attached hydrogen (secondary N) is 2. The molecule has 25 heavy (non-hydrogen) atoms. The molecule has 1 aromatic carbocycles. The van der Waals surface area contributed by atoms with Crippen molar-refractivity contribution in [2.45, 2.75) is 30.2 Å². The zero-order valence-electron chi connectivity index (χ0n) is 14.2. The molecule has 0 heterocycles. The van der Waals surface area contributed by atoms with Gasteiger partial charge < -0.3 is 20.1 Å². The summed E-state index contributed by atoms with van der Waals surface area (Å²) in [6, 6.07) is 4.47. The molecule has 1 fully saturated rings. The molecule has 8 nitrogen and oxygen atoms in total. The predicted molar refractivity (Wildman–Crippen MR) is 90.4 cm³/mol. The normalized spacial score (nSPS) is 13.8. The highest BCUT2D eigenvalue weighted by atomic mass is 32.2. The molecular formula is C16H22N2O6S. The zero-order chi connectivity index (χ0) is 18.4. The average molecular weight is 370 g/mol. The van der Waals surface area contributed by atoms with Crippen LogP contribution in [0.5, 0.6) is 11.5 Å². The molecule has 0 aromatic heterocycles. The number of amides is 2. The third-order valence-corrected chi connectivity index (χ3v) is 5.41. The fourth-order valence-electron chi connectivity index (χ4n) is 2.13. The van der Waals surface area contributed by atoms with Crippen LogP contribution >= 0.6 is 0 Å². The molecule has 2 amide bonds. The quantitative estimate of drug-likeness (QED) is 0.645. The van der Waals surface area contributed by atoms with E-state index in [9.17, 15) is 18.0 Å². The lowest BCUT2D eigenvalue weighted by Gasteiger charge is -2.10. The number of ether oxygens (including phenoxy) is 2. The van der Waals surface area contributed by atoms with Crippen LogP contribution in [0.4, 0.5) is 0 Å². The van der Waals surface area contributed by atoms with Crippen LogP contribution in [0.3, 0.4) is 0 Å². The number of carbonyl (C=O) groups is 2. The molecule has 1 aliphatic carbocycles. The van der Waals surface area contributed by atoms with Gasteiger partial charge in [0, 0.05) is 18.5 Å². The monoisotopic (exact) mass is 370 g/mol. The van der Waals surface area contributed by atoms with Crippen molar-refractivity contribution < 1.29 is 27.5 Å². The van der Waals surface area contributed by atoms with Crippen molar-refractivity contribution in [1.82, 2.24) is 10.6 Å². The highest BCUT2D eigenvalue weighted by molar-refractivity contribution is 7.91. The van der Waals surface area contributed by atoms with Crippen molar-refractivity contribution in [3.8, 4) is 11.5 Å². The molecule has 138 valence electrons. The highest BCUT2D eigenvalue weighted by Crippen LogP contribution is 2.29. The summed E-state index contributed by atoms with van der Waals surface area (Å²) in [5.41, 5.74) is 0. The Morgan fingerprint density at radius 2 is 1.80 bits per heavy atom. The second-order valence-corrected chi connectivity index (χ2v) is 7.81. The van der Waals surface area contributed by atoms with Gasteiger partial charge in [0.15, 0.2) is 21.3 Å². The summed E-state index contributed by atoms with van der Waals surface area (Å²) in [6.07, 6.45) is 1.69. The standard InChI is InChI=1S/C16H22N2O6S/c1-23-13-6-5-12(9-14(13)24-2)25(21,22)8-7-15(19)17-10-16(20)18-11-3-4-11/h5-6,9,11H,3-4,7-8,10H2,1-2H3,(H,17,19)(H,18,20). The third-order valence-electron chi connectivity index (χ3n) is 3.70. The van der Waals surface area contributed by atoms with E-state index in [1.54, 1.807) is 0 Å². The molecule has 0 unspecified atom stereocenters. The summed E-state index contributed by atoms with van der Waals surface area (Å²) >= 11 is 0. The van der Waals surface area contributed by atoms with Crippen molar-refractivity contribution in [2.24, 2.45) is 0 Å². The Morgan fingerprint density at radius 1 is 1.12 bits per heavy atom. The van der Waals surface area contributed by atoms with Crippen molar-refractivity contribution in [1.29, 1.82) is 0 Å². The minimum atomic E-state index is -3.66. The first-order valence-electron chi connectivity index (χ1n) is 7.86. The maximum absolute atomic E-state index is 12.3. The first-order chi connectivity index (χ1) is 11.9. The van der Waals surface area contributed by atoms with E-state index in [1.807, 2.05) is 0 Å². The minimum absolute atomic E-state index is 0.0458. The number of sulfone groups is 1. The summed E-state index contributed by atoms with van der Waals surface area (Å²) < 4.78 is 34.8. The Hall–Kier alpha value is -2.29. The summed E-state index contributed by atoms with van der Waals surface area (Å²) in [5, 5.41) is 5.15. The molecule has 2 rings (SSSR count). The molecule has 0 aliphatic heterocycles. The lowest BCUT2D eigenvalue weighted by atomic mass is 10.3. The number of benzene rings is 1. The molecule has 0 spiro atoms. The van der Waals surface area contributed by atoms with E-state index < -0.39 is 15.7 Å². The smallest absolute Gasteiger partial charge is 0.239 e. The van der Waals surface area contributed by atoms with Gasteiger partial charge >= 0.3 is 0 Å². The van der Waals surface area contributed by atoms with Crippen LogP contribution in [0.15, 0.2) is 23.1 Å². The summed E-state index contributed by atoms with van der Waals surface area (Å²) in [7, 11) is -0.792. The molecular weight excluding hydrogens is 348 g/mol. The predicted octanol–water partition coefficient (Wildman–Crippen LogP) is 0.262. The van der Waals surface area contributed by atoms with Gasteiger partial charge in [0.1, 0.15) is 0 Å². The van der Waals surface area contributed by atoms with E-state index in [-0.39, 0.29) is 35.6 Å². The molecule has 2 N–H and O–H groups in total. The van der Waals surface area contributed by atoms with Gasteiger partial charge in [-0.05, 0) is 25.0 Å². The zero-order valence-corrected chi connectivity index (χ0v) is 15.0. The molecule has 1 saturated carbocycles. The fraction of sp³-hybridized carbons (Fsp3) is 0.500. The van der Waals surface area contributed by atoms with E-state index in [4.69, 9.17) is 9.47 Å². The maximum atomic E-state index is 12.3. The van der Waals surface area contributed by atoms with Crippen LogP contribution in [-0.2, 0) is 19.4 Å². The first-order valence-corrected chi connectivity index (χ1v) is 9.52. The Labute approximate surface area is 146 Å². The Bertz CT molecular complexity index is 743. The molecule has 0 bridgehead atoms. The molecule has 0 radical (unpaired) electrons. The van der Waals surface area contributed by atoms with Gasteiger partial charge in [0.25, 0.3) is 0 Å². The Morgan fingerprint density at radius 3 is 2.40 bits per heavy atom. The van der Waals surface area contributed by atoms with Crippen LogP contribution < -0.4 is 20.1 Å². The number of rotatable bonds is 9. The Kier molecular flexibility index (Phi) is 6.24. The third kappa shape index (κ3) is 5.63. The molecule has 0 saturated heterocycles. The second-order valence-electron chi connectivity index (χ2n) is 5.70. The van der Waals surface area contributed by atoms with Gasteiger partial charge in [-0.1, -0.05) is 0 Å². The van der Waals surface area contributed by atoms with E-state index in [1.165, 1.54) is 32.4 Å². The van der Waals surface area contributed by atoms with Crippen LogP contribution in [0, 0.1) is 0 Å². The first kappa shape index (κ1) is 19.0. The van der Waals surface area contributed by atoms with Crippen molar-refractivity contribution >= 4 is 21.7 Å². The largest absolute Gasteiger partial charge is 0.493 e. The van der Waals surface area contributed by atoms with Crippen LogP contribution in [0.25, 0.3) is 0 Å². The van der Waals surface area contributed by atoms with E-state index >= 15 is 0 Å². The second kappa shape index (κ2) is 8.19. The maximum Gasteiger partial charge on any atom is 0.239 e. The van der Waals surface area contributed by atoms with Crippen LogP contribution in [-0.4, -0.2) is 52.8 Å². The molecule has 1 aromatic rings. The number of methoxy groups -OCH3 is 2. The van der Waals surface area contributed by atoms with Gasteiger partial charge in [-0.3, -0.25) is 9.59 Å². The number of hydrogen-bond donors (Lipinski definition) is 2. The highest BCUT2D eigenvalue weighted by Gasteiger charge is 2.23. The van der Waals surface area contributed by atoms with Crippen LogP contribution in [0.2, 0.25) is 0 Å². The summed E-state index contributed by atoms with van der Waals surface area (Å²) in [5.74, 6) is -0.405. The number of hydrogen-bond acceptors (Lipinski definition) is 6. The van der Waals surface area contributed by atoms with Gasteiger partial charge in [-0.2, -0.15) is 0 Å². The van der Waals surface area contributed by atoms with Gasteiger partial charge in [-0.25, -0.2) is 8.42 Å². The topological polar surface area (TPSA) is 111 Å². The van der Waals surface area contributed by atoms with Crippen molar-refractivity contribution in [3.63, 3.8) is 0 Å². The van der Waals surface area contributed by atoms with Crippen molar-refractivity contribution in [2.75, 3.05) is 26.5 Å². The average Bonchev–Trinajstić information content (AvgIpc) is 3.41. The minimum Gasteiger partial charge on any atom is -0.493 e. The van der Waals surface area contributed by atoms with Gasteiger partial charge in [-0.15, -0.1) is 0 Å². The van der Waals surface area contributed by atoms with Crippen LogP contribution in [0.1, 0.15) is 19.3 Å². The van der Waals surface area contributed by atoms with Gasteiger partial charge in [0.2, 0.25) is 11.8 Å². The molecule has 0 atom stereocenters. The van der Waals surface area contributed by atoms with Gasteiger partial charge in [0.05, 0.1) is 31.4 Å². The summed E-state index contributed by atoms with van der Waals surface area (Å²) in [6.45, 7) is -0.147. The molecule has 9 heteroatoms. The van der Waals surface area contributed by atoms with Crippen molar-refractivity contribution in [3.05, 3.63) is 18.2 Å². The fourth-order valence-corrected chi connectivity index (χ4v) is 3.38. The SMILES string of the molecule is COc1ccc(S(=O)(=O)CCC(=O)NCC(=O)NC2CC2)cc1OC. The van der Waals surface area contributed by atoms with E-state index in [0.29, 0.717) is 11.5 Å². The number of carbonyl (C=O) groups excluding carboxylic acids is 2.